The van der Waals surface area contributed by atoms with Crippen LogP contribution >= 0.6 is 0 Å². The van der Waals surface area contributed by atoms with Crippen LogP contribution in [-0.4, -0.2) is 67.5 Å². The number of carboxylic acid groups (broad SMARTS) is 1. The molecule has 7 nitrogen and oxygen atoms in total. The molecule has 0 aromatic carbocycles. The molecule has 0 unspecified atom stereocenters. The van der Waals surface area contributed by atoms with Crippen molar-refractivity contribution >= 4 is 16.2 Å². The summed E-state index contributed by atoms with van der Waals surface area (Å²) in [6, 6.07) is 0.102. The summed E-state index contributed by atoms with van der Waals surface area (Å²) in [4.78, 5) is 13.0. The van der Waals surface area contributed by atoms with E-state index >= 15 is 0 Å². The molecule has 134 valence electrons. The summed E-state index contributed by atoms with van der Waals surface area (Å²) in [7, 11) is -1.83. The van der Waals surface area contributed by atoms with Gasteiger partial charge in [0.15, 0.2) is 0 Å². The van der Waals surface area contributed by atoms with Gasteiger partial charge in [-0.15, -0.1) is 0 Å². The van der Waals surface area contributed by atoms with E-state index in [4.69, 9.17) is 5.11 Å². The van der Waals surface area contributed by atoms with Gasteiger partial charge in [0.05, 0.1) is 6.54 Å². The van der Waals surface area contributed by atoms with Crippen LogP contribution in [0, 0.1) is 5.92 Å². The lowest BCUT2D eigenvalue weighted by molar-refractivity contribution is -0.139. The van der Waals surface area contributed by atoms with Gasteiger partial charge in [0.2, 0.25) is 0 Å². The van der Waals surface area contributed by atoms with Crippen LogP contribution in [0.25, 0.3) is 0 Å². The second-order valence-electron chi connectivity index (χ2n) is 6.89. The van der Waals surface area contributed by atoms with E-state index in [0.29, 0.717) is 25.3 Å². The van der Waals surface area contributed by atoms with Gasteiger partial charge in [-0.2, -0.15) is 17.4 Å². The molecule has 0 spiro atoms. The lowest BCUT2D eigenvalue weighted by Crippen LogP contribution is -2.57. The number of carboxylic acids is 1. The Morgan fingerprint density at radius 2 is 1.96 bits per heavy atom. The topological polar surface area (TPSA) is 90.0 Å². The maximum atomic E-state index is 12.2. The molecule has 0 bridgehead atoms. The number of carbonyl (C=O) groups is 1. The predicted octanol–water partition coefficient (Wildman–Crippen LogP) is 0.880. The van der Waals surface area contributed by atoms with Gasteiger partial charge in [-0.25, -0.2) is 0 Å². The molecule has 23 heavy (non-hydrogen) atoms. The minimum absolute atomic E-state index is 0.0526. The van der Waals surface area contributed by atoms with Crippen LogP contribution in [-0.2, 0) is 15.0 Å². The summed E-state index contributed by atoms with van der Waals surface area (Å²) in [5.74, 6) is -0.181. The van der Waals surface area contributed by atoms with Crippen molar-refractivity contribution in [2.45, 2.75) is 57.5 Å². The first kappa shape index (κ1) is 18.6. The van der Waals surface area contributed by atoms with E-state index in [-0.39, 0.29) is 18.6 Å². The van der Waals surface area contributed by atoms with Crippen molar-refractivity contribution in [3.05, 3.63) is 0 Å². The molecule has 2 N–H and O–H groups in total. The number of nitrogens with one attached hydrogen (secondary N) is 1. The molecular formula is C15H29N3O4S. The molecule has 0 radical (unpaired) electrons. The largest absolute Gasteiger partial charge is 0.480 e. The Morgan fingerprint density at radius 3 is 2.48 bits per heavy atom. The molecule has 2 aliphatic carbocycles. The zero-order valence-electron chi connectivity index (χ0n) is 14.1. The molecule has 8 heteroatoms. The zero-order chi connectivity index (χ0) is 17.0. The van der Waals surface area contributed by atoms with E-state index in [1.807, 2.05) is 11.8 Å². The van der Waals surface area contributed by atoms with Crippen molar-refractivity contribution in [1.29, 1.82) is 0 Å². The highest BCUT2D eigenvalue weighted by Gasteiger charge is 2.39. The maximum Gasteiger partial charge on any atom is 0.317 e. The van der Waals surface area contributed by atoms with E-state index in [2.05, 4.69) is 4.72 Å². The van der Waals surface area contributed by atoms with Gasteiger partial charge in [0, 0.05) is 32.2 Å². The van der Waals surface area contributed by atoms with Gasteiger partial charge in [-0.05, 0) is 38.0 Å². The summed E-state index contributed by atoms with van der Waals surface area (Å²) in [6.07, 6.45) is 5.55. The highest BCUT2D eigenvalue weighted by atomic mass is 32.2. The van der Waals surface area contributed by atoms with Crippen molar-refractivity contribution in [1.82, 2.24) is 13.9 Å². The monoisotopic (exact) mass is 347 g/mol. The van der Waals surface area contributed by atoms with Crippen LogP contribution in [0.5, 0.6) is 0 Å². The van der Waals surface area contributed by atoms with E-state index < -0.39 is 16.2 Å². The first-order valence-electron chi connectivity index (χ1n) is 8.51. The van der Waals surface area contributed by atoms with Crippen LogP contribution in [0.1, 0.15) is 45.4 Å². The van der Waals surface area contributed by atoms with Crippen molar-refractivity contribution in [2.75, 3.05) is 26.7 Å². The minimum Gasteiger partial charge on any atom is -0.480 e. The summed E-state index contributed by atoms with van der Waals surface area (Å²) >= 11 is 0. The lowest BCUT2D eigenvalue weighted by Gasteiger charge is -2.43. The average Bonchev–Trinajstić information content (AvgIpc) is 3.22. The highest BCUT2D eigenvalue weighted by Crippen LogP contribution is 2.34. The molecule has 0 aromatic rings. The van der Waals surface area contributed by atoms with Crippen LogP contribution in [0.4, 0.5) is 0 Å². The number of nitrogens with zero attached hydrogens (tertiary/aromatic N) is 2. The second kappa shape index (κ2) is 7.92. The molecular weight excluding hydrogens is 318 g/mol. The van der Waals surface area contributed by atoms with Crippen molar-refractivity contribution in [2.24, 2.45) is 5.92 Å². The van der Waals surface area contributed by atoms with Crippen LogP contribution in [0.15, 0.2) is 0 Å². The molecule has 2 fully saturated rings. The van der Waals surface area contributed by atoms with Gasteiger partial charge in [-0.3, -0.25) is 9.69 Å². The Hall–Kier alpha value is -0.700. The first-order chi connectivity index (χ1) is 10.8. The molecule has 0 amide bonds. The molecule has 0 aromatic heterocycles. The minimum atomic E-state index is -3.43. The normalized spacial score (nSPS) is 24.9. The van der Waals surface area contributed by atoms with Gasteiger partial charge >= 0.3 is 5.97 Å². The third-order valence-electron chi connectivity index (χ3n) is 4.71. The van der Waals surface area contributed by atoms with E-state index in [9.17, 15) is 13.2 Å². The Kier molecular flexibility index (Phi) is 6.41. The zero-order valence-corrected chi connectivity index (χ0v) is 14.9. The number of rotatable bonds is 11. The van der Waals surface area contributed by atoms with E-state index in [1.54, 1.807) is 7.05 Å². The van der Waals surface area contributed by atoms with E-state index in [0.717, 1.165) is 19.4 Å². The number of hydrogen-bond donors (Lipinski definition) is 2. The average molecular weight is 347 g/mol. The third-order valence-corrected chi connectivity index (χ3v) is 6.34. The summed E-state index contributed by atoms with van der Waals surface area (Å²) in [5, 5.41) is 9.03. The fraction of sp³-hybridized carbons (Fsp3) is 0.933. The Balaban J connectivity index is 1.78. The van der Waals surface area contributed by atoms with Crippen LogP contribution in [0.2, 0.25) is 0 Å². The number of hydrogen-bond acceptors (Lipinski definition) is 4. The fourth-order valence-electron chi connectivity index (χ4n) is 2.93. The van der Waals surface area contributed by atoms with Crippen LogP contribution in [0.3, 0.4) is 0 Å². The van der Waals surface area contributed by atoms with Gasteiger partial charge in [-0.1, -0.05) is 13.3 Å². The summed E-state index contributed by atoms with van der Waals surface area (Å²) < 4.78 is 28.5. The van der Waals surface area contributed by atoms with E-state index in [1.165, 1.54) is 17.1 Å². The van der Waals surface area contributed by atoms with Crippen molar-refractivity contribution in [3.8, 4) is 0 Å². The Morgan fingerprint density at radius 1 is 1.30 bits per heavy atom. The quantitative estimate of drug-likeness (QED) is 0.579. The van der Waals surface area contributed by atoms with Gasteiger partial charge < -0.3 is 5.11 Å². The summed E-state index contributed by atoms with van der Waals surface area (Å²) in [5.41, 5.74) is 0. The highest BCUT2D eigenvalue weighted by molar-refractivity contribution is 7.87. The molecule has 2 aliphatic rings. The Bertz CT molecular complexity index is 501. The SMILES string of the molecule is CCCCN(C)S(=O)(=O)NC1CC(N(CC(=O)O)CC2CC2)C1. The fourth-order valence-corrected chi connectivity index (χ4v) is 4.10. The molecule has 0 aliphatic heterocycles. The van der Waals surface area contributed by atoms with Gasteiger partial charge in [0.25, 0.3) is 10.2 Å². The molecule has 0 atom stereocenters. The smallest absolute Gasteiger partial charge is 0.317 e. The third kappa shape index (κ3) is 5.70. The second-order valence-corrected chi connectivity index (χ2v) is 8.70. The molecule has 0 heterocycles. The number of unbranched alkanes of at least 4 members (excludes halogenated alkanes) is 1. The summed E-state index contributed by atoms with van der Waals surface area (Å²) in [6.45, 7) is 3.43. The van der Waals surface area contributed by atoms with Crippen LogP contribution < -0.4 is 4.72 Å². The lowest BCUT2D eigenvalue weighted by atomic mass is 9.86. The van der Waals surface area contributed by atoms with Crippen molar-refractivity contribution in [3.63, 3.8) is 0 Å². The Labute approximate surface area is 139 Å². The predicted molar refractivity (Wildman–Crippen MR) is 88.3 cm³/mol. The first-order valence-corrected chi connectivity index (χ1v) is 9.95. The maximum absolute atomic E-state index is 12.2. The molecule has 0 saturated heterocycles. The molecule has 2 rings (SSSR count). The van der Waals surface area contributed by atoms with Gasteiger partial charge in [0.1, 0.15) is 0 Å². The standard InChI is InChI=1S/C15H29N3O4S/c1-3-4-7-17(2)23(21,22)16-13-8-14(9-13)18(11-15(19)20)10-12-5-6-12/h12-14,16H,3-11H2,1-2H3,(H,19,20). The van der Waals surface area contributed by atoms with Crippen molar-refractivity contribution < 1.29 is 18.3 Å². The number of aliphatic carboxylic acids is 1. The molecule has 2 saturated carbocycles.